The maximum absolute atomic E-state index is 4.12. The Labute approximate surface area is 57.6 Å². The molecule has 0 aliphatic rings. The predicted molar refractivity (Wildman–Crippen MR) is 41.1 cm³/mol. The molecule has 0 heterocycles. The summed E-state index contributed by atoms with van der Waals surface area (Å²) in [5.41, 5.74) is 0. The first kappa shape index (κ1) is 8.31. The standard InChI is InChI=1S/C6H15NS/c1-4-6(2)5-7(3)8/h6,8H,4-5H2,1-3H3. The molecule has 50 valence electrons. The minimum atomic E-state index is 0.775. The van der Waals surface area contributed by atoms with Crippen LogP contribution in [0.25, 0.3) is 0 Å². The molecule has 0 aliphatic carbocycles. The van der Waals surface area contributed by atoms with Crippen LogP contribution < -0.4 is 0 Å². The van der Waals surface area contributed by atoms with Crippen molar-refractivity contribution in [2.45, 2.75) is 20.3 Å². The van der Waals surface area contributed by atoms with Gasteiger partial charge in [-0.2, -0.15) is 0 Å². The van der Waals surface area contributed by atoms with Crippen LogP contribution in [0.1, 0.15) is 20.3 Å². The predicted octanol–water partition coefficient (Wildman–Crippen LogP) is 1.81. The van der Waals surface area contributed by atoms with Crippen molar-refractivity contribution in [1.82, 2.24) is 4.31 Å². The summed E-state index contributed by atoms with van der Waals surface area (Å²) in [7, 11) is 1.98. The van der Waals surface area contributed by atoms with Gasteiger partial charge >= 0.3 is 0 Å². The van der Waals surface area contributed by atoms with Gasteiger partial charge in [0.15, 0.2) is 0 Å². The third-order valence-corrected chi connectivity index (χ3v) is 1.44. The van der Waals surface area contributed by atoms with Crippen molar-refractivity contribution in [2.24, 2.45) is 5.92 Å². The molecule has 0 aliphatic heterocycles. The van der Waals surface area contributed by atoms with Gasteiger partial charge in [-0.15, -0.1) is 0 Å². The molecule has 0 amide bonds. The normalized spacial score (nSPS) is 14.6. The van der Waals surface area contributed by atoms with Gasteiger partial charge in [-0.25, -0.2) is 0 Å². The lowest BCUT2D eigenvalue weighted by Crippen LogP contribution is -2.13. The van der Waals surface area contributed by atoms with Gasteiger partial charge in [0, 0.05) is 6.54 Å². The van der Waals surface area contributed by atoms with E-state index in [2.05, 4.69) is 26.7 Å². The maximum atomic E-state index is 4.12. The Balaban J connectivity index is 3.10. The fourth-order valence-electron chi connectivity index (χ4n) is 0.580. The van der Waals surface area contributed by atoms with Crippen molar-refractivity contribution in [3.63, 3.8) is 0 Å². The Hall–Kier alpha value is 0.310. The van der Waals surface area contributed by atoms with Crippen molar-refractivity contribution in [3.05, 3.63) is 0 Å². The Kier molecular flexibility index (Phi) is 4.38. The average Bonchev–Trinajstić information content (AvgIpc) is 1.65. The minimum absolute atomic E-state index is 0.775. The molecule has 2 heteroatoms. The highest BCUT2D eigenvalue weighted by molar-refractivity contribution is 7.77. The molecule has 0 N–H and O–H groups in total. The second kappa shape index (κ2) is 4.21. The molecule has 1 nitrogen and oxygen atoms in total. The van der Waals surface area contributed by atoms with E-state index in [1.54, 1.807) is 0 Å². The van der Waals surface area contributed by atoms with Crippen LogP contribution in [0, 0.1) is 5.92 Å². The Bertz CT molecular complexity index is 54.5. The van der Waals surface area contributed by atoms with Gasteiger partial charge in [-0.1, -0.05) is 33.1 Å². The van der Waals surface area contributed by atoms with E-state index in [9.17, 15) is 0 Å². The highest BCUT2D eigenvalue weighted by Gasteiger charge is 1.98. The van der Waals surface area contributed by atoms with Crippen LogP contribution >= 0.6 is 12.8 Å². The van der Waals surface area contributed by atoms with Gasteiger partial charge < -0.3 is 0 Å². The van der Waals surface area contributed by atoms with E-state index in [0.29, 0.717) is 0 Å². The fourth-order valence-corrected chi connectivity index (χ4v) is 0.859. The molecule has 0 fully saturated rings. The second-order valence-electron chi connectivity index (χ2n) is 2.35. The molecular weight excluding hydrogens is 118 g/mol. The number of hydrogen-bond donors (Lipinski definition) is 1. The van der Waals surface area contributed by atoms with Crippen molar-refractivity contribution >= 4 is 12.8 Å². The summed E-state index contributed by atoms with van der Waals surface area (Å²) in [6.45, 7) is 5.51. The first-order valence-corrected chi connectivity index (χ1v) is 3.46. The van der Waals surface area contributed by atoms with Crippen LogP contribution in [0.4, 0.5) is 0 Å². The van der Waals surface area contributed by atoms with Crippen LogP contribution in [0.3, 0.4) is 0 Å². The topological polar surface area (TPSA) is 3.24 Å². The van der Waals surface area contributed by atoms with Gasteiger partial charge in [0.1, 0.15) is 0 Å². The second-order valence-corrected chi connectivity index (χ2v) is 3.04. The van der Waals surface area contributed by atoms with E-state index in [0.717, 1.165) is 12.5 Å². The molecule has 1 unspecified atom stereocenters. The Morgan fingerprint density at radius 1 is 1.62 bits per heavy atom. The SMILES string of the molecule is CCC(C)CN(C)S. The lowest BCUT2D eigenvalue weighted by atomic mass is 10.1. The zero-order valence-corrected chi connectivity index (χ0v) is 6.78. The number of thiol groups is 1. The summed E-state index contributed by atoms with van der Waals surface area (Å²) < 4.78 is 1.92. The quantitative estimate of drug-likeness (QED) is 0.575. The van der Waals surface area contributed by atoms with E-state index >= 15 is 0 Å². The van der Waals surface area contributed by atoms with Gasteiger partial charge in [0.25, 0.3) is 0 Å². The first-order valence-electron chi connectivity index (χ1n) is 3.06. The molecule has 0 aromatic carbocycles. The highest BCUT2D eigenvalue weighted by Crippen LogP contribution is 2.02. The lowest BCUT2D eigenvalue weighted by Gasteiger charge is -2.12. The zero-order valence-electron chi connectivity index (χ0n) is 5.89. The Morgan fingerprint density at radius 3 is 2.25 bits per heavy atom. The summed E-state index contributed by atoms with van der Waals surface area (Å²) in [4.78, 5) is 0. The van der Waals surface area contributed by atoms with Gasteiger partial charge in [0.2, 0.25) is 0 Å². The summed E-state index contributed by atoms with van der Waals surface area (Å²) in [5.74, 6) is 0.775. The van der Waals surface area contributed by atoms with E-state index in [-0.39, 0.29) is 0 Å². The van der Waals surface area contributed by atoms with Crippen molar-refractivity contribution < 1.29 is 0 Å². The fraction of sp³-hybridized carbons (Fsp3) is 1.00. The average molecular weight is 133 g/mol. The molecule has 0 bridgehead atoms. The number of nitrogens with zero attached hydrogens (tertiary/aromatic N) is 1. The van der Waals surface area contributed by atoms with Gasteiger partial charge in [0.05, 0.1) is 0 Å². The monoisotopic (exact) mass is 133 g/mol. The van der Waals surface area contributed by atoms with Crippen molar-refractivity contribution in [2.75, 3.05) is 13.6 Å². The van der Waals surface area contributed by atoms with Crippen LogP contribution in [-0.4, -0.2) is 17.9 Å². The minimum Gasteiger partial charge on any atom is -0.256 e. The van der Waals surface area contributed by atoms with Gasteiger partial charge in [-0.05, 0) is 13.0 Å². The van der Waals surface area contributed by atoms with E-state index in [1.165, 1.54) is 6.42 Å². The smallest absolute Gasteiger partial charge is 0.0109 e. The summed E-state index contributed by atoms with van der Waals surface area (Å²) >= 11 is 4.12. The molecule has 0 spiro atoms. The molecule has 8 heavy (non-hydrogen) atoms. The third kappa shape index (κ3) is 4.47. The van der Waals surface area contributed by atoms with Crippen LogP contribution in [0.2, 0.25) is 0 Å². The molecule has 0 saturated heterocycles. The third-order valence-electron chi connectivity index (χ3n) is 1.27. The summed E-state index contributed by atoms with van der Waals surface area (Å²) in [6.07, 6.45) is 1.24. The summed E-state index contributed by atoms with van der Waals surface area (Å²) in [5, 5.41) is 0. The number of rotatable bonds is 3. The summed E-state index contributed by atoms with van der Waals surface area (Å²) in [6, 6.07) is 0. The van der Waals surface area contributed by atoms with E-state index < -0.39 is 0 Å². The maximum Gasteiger partial charge on any atom is 0.0109 e. The molecule has 0 aromatic heterocycles. The zero-order chi connectivity index (χ0) is 6.57. The molecule has 0 rings (SSSR count). The molecular formula is C6H15NS. The lowest BCUT2D eigenvalue weighted by molar-refractivity contribution is 0.433. The largest absolute Gasteiger partial charge is 0.256 e. The van der Waals surface area contributed by atoms with Crippen molar-refractivity contribution in [3.8, 4) is 0 Å². The Morgan fingerprint density at radius 2 is 2.12 bits per heavy atom. The van der Waals surface area contributed by atoms with Crippen LogP contribution in [-0.2, 0) is 0 Å². The first-order chi connectivity index (χ1) is 3.66. The number of hydrogen-bond acceptors (Lipinski definition) is 2. The highest BCUT2D eigenvalue weighted by atomic mass is 32.1. The van der Waals surface area contributed by atoms with Gasteiger partial charge in [-0.3, -0.25) is 4.31 Å². The molecule has 0 radical (unpaired) electrons. The van der Waals surface area contributed by atoms with E-state index in [4.69, 9.17) is 0 Å². The molecule has 0 aromatic rings. The van der Waals surface area contributed by atoms with E-state index in [1.807, 2.05) is 11.4 Å². The molecule has 1 atom stereocenters. The van der Waals surface area contributed by atoms with Crippen molar-refractivity contribution in [1.29, 1.82) is 0 Å². The molecule has 0 saturated carbocycles. The van der Waals surface area contributed by atoms with Crippen LogP contribution in [0.15, 0.2) is 0 Å². The van der Waals surface area contributed by atoms with Crippen LogP contribution in [0.5, 0.6) is 0 Å².